The van der Waals surface area contributed by atoms with E-state index in [0.29, 0.717) is 32.8 Å². The molecule has 0 atom stereocenters. The highest BCUT2D eigenvalue weighted by molar-refractivity contribution is 8.18. The number of thioether (sulfide) groups is 1. The standard InChI is InChI=1S/C23H20ClFN2O2S/c24-17-7-5-15(6-8-17)18(13-25)20-21(28)26-22(30-20)27-11-9-23(10-12-27)19-4-2-1-3-16(19)14-29-23/h1-8H,9-14H2. The van der Waals surface area contributed by atoms with Gasteiger partial charge in [-0.1, -0.05) is 48.0 Å². The van der Waals surface area contributed by atoms with Crippen LogP contribution in [0, 0.1) is 0 Å². The van der Waals surface area contributed by atoms with Crippen molar-refractivity contribution in [1.29, 1.82) is 0 Å². The molecule has 3 aliphatic heterocycles. The van der Waals surface area contributed by atoms with Crippen LogP contribution in [-0.2, 0) is 21.7 Å². The summed E-state index contributed by atoms with van der Waals surface area (Å²) >= 11 is 7.20. The Morgan fingerprint density at radius 2 is 1.90 bits per heavy atom. The molecule has 1 spiro atoms. The monoisotopic (exact) mass is 442 g/mol. The summed E-state index contributed by atoms with van der Waals surface area (Å²) in [7, 11) is 0. The summed E-state index contributed by atoms with van der Waals surface area (Å²) in [5.74, 6) is -0.375. The zero-order valence-electron chi connectivity index (χ0n) is 16.2. The molecule has 0 radical (unpaired) electrons. The van der Waals surface area contributed by atoms with Gasteiger partial charge in [-0.2, -0.15) is 4.99 Å². The number of benzene rings is 2. The fourth-order valence-electron chi connectivity index (χ4n) is 4.40. The van der Waals surface area contributed by atoms with E-state index in [2.05, 4.69) is 28.1 Å². The summed E-state index contributed by atoms with van der Waals surface area (Å²) in [5.41, 5.74) is 3.32. The molecule has 5 rings (SSSR count). The number of hydrogen-bond acceptors (Lipinski definition) is 4. The number of ether oxygens (including phenoxy) is 1. The second-order valence-electron chi connectivity index (χ2n) is 7.68. The van der Waals surface area contributed by atoms with Crippen LogP contribution in [-0.4, -0.2) is 35.7 Å². The highest BCUT2D eigenvalue weighted by atomic mass is 35.5. The first-order valence-electron chi connectivity index (χ1n) is 9.93. The topological polar surface area (TPSA) is 41.9 Å². The van der Waals surface area contributed by atoms with E-state index in [1.807, 2.05) is 6.07 Å². The lowest BCUT2D eigenvalue weighted by Crippen LogP contribution is -2.44. The highest BCUT2D eigenvalue weighted by Crippen LogP contribution is 2.45. The Bertz CT molecular complexity index is 1060. The van der Waals surface area contributed by atoms with Crippen molar-refractivity contribution in [3.05, 3.63) is 75.1 Å². The second-order valence-corrected chi connectivity index (χ2v) is 9.09. The Morgan fingerprint density at radius 3 is 2.63 bits per heavy atom. The lowest BCUT2D eigenvalue weighted by molar-refractivity contribution is -0.113. The molecule has 0 bridgehead atoms. The molecule has 0 aromatic heterocycles. The molecular formula is C23H20ClFN2O2S. The number of nitrogens with zero attached hydrogens (tertiary/aromatic N) is 2. The number of amides is 1. The van der Waals surface area contributed by atoms with E-state index in [0.717, 1.165) is 25.9 Å². The third-order valence-corrected chi connectivity index (χ3v) is 7.45. The SMILES string of the molecule is O=C1N=C(N2CCC3(CC2)OCc2ccccc23)SC1=C(CF)c1ccc(Cl)cc1. The lowest BCUT2D eigenvalue weighted by atomic mass is 9.84. The first-order chi connectivity index (χ1) is 14.6. The number of rotatable bonds is 2. The average Bonchev–Trinajstić information content (AvgIpc) is 3.32. The molecule has 0 unspecified atom stereocenters. The predicted octanol–water partition coefficient (Wildman–Crippen LogP) is 5.17. The number of aliphatic imine (C=N–C) groups is 1. The van der Waals surface area contributed by atoms with Gasteiger partial charge >= 0.3 is 0 Å². The summed E-state index contributed by atoms with van der Waals surface area (Å²) in [6.45, 7) is 1.41. The van der Waals surface area contributed by atoms with E-state index in [9.17, 15) is 9.18 Å². The van der Waals surface area contributed by atoms with Crippen molar-refractivity contribution in [2.75, 3.05) is 19.8 Å². The number of allylic oxidation sites excluding steroid dienone is 1. The van der Waals surface area contributed by atoms with Gasteiger partial charge in [0.15, 0.2) is 5.17 Å². The number of piperidine rings is 1. The van der Waals surface area contributed by atoms with Gasteiger partial charge in [0.05, 0.1) is 17.1 Å². The summed E-state index contributed by atoms with van der Waals surface area (Å²) in [5, 5.41) is 1.22. The minimum Gasteiger partial charge on any atom is -0.365 e. The van der Waals surface area contributed by atoms with Crippen LogP contribution in [0.5, 0.6) is 0 Å². The Labute approximate surface area is 183 Å². The first-order valence-corrected chi connectivity index (χ1v) is 11.1. The normalized spacial score (nSPS) is 21.7. The molecule has 1 saturated heterocycles. The average molecular weight is 443 g/mol. The molecular weight excluding hydrogens is 423 g/mol. The molecule has 3 aliphatic rings. The first kappa shape index (κ1) is 19.8. The molecule has 4 nitrogen and oxygen atoms in total. The molecule has 0 aliphatic carbocycles. The van der Waals surface area contributed by atoms with E-state index in [4.69, 9.17) is 16.3 Å². The molecule has 3 heterocycles. The number of carbonyl (C=O) groups is 1. The Kier molecular flexibility index (Phi) is 5.17. The third-order valence-electron chi connectivity index (χ3n) is 6.04. The van der Waals surface area contributed by atoms with Crippen LogP contribution in [0.1, 0.15) is 29.5 Å². The minimum atomic E-state index is -0.730. The van der Waals surface area contributed by atoms with Crippen molar-refractivity contribution in [1.82, 2.24) is 4.90 Å². The molecule has 30 heavy (non-hydrogen) atoms. The van der Waals surface area contributed by atoms with E-state index in [1.54, 1.807) is 24.3 Å². The Hall–Kier alpha value is -2.15. The van der Waals surface area contributed by atoms with Crippen molar-refractivity contribution in [2.45, 2.75) is 25.0 Å². The van der Waals surface area contributed by atoms with Gasteiger partial charge in [0, 0.05) is 23.7 Å². The summed E-state index contributed by atoms with van der Waals surface area (Å²) in [6, 6.07) is 15.2. The lowest BCUT2D eigenvalue weighted by Gasteiger charge is -2.39. The second kappa shape index (κ2) is 7.84. The van der Waals surface area contributed by atoms with Crippen LogP contribution in [0.3, 0.4) is 0 Å². The van der Waals surface area contributed by atoms with E-state index in [-0.39, 0.29) is 11.5 Å². The van der Waals surface area contributed by atoms with Crippen LogP contribution >= 0.6 is 23.4 Å². The summed E-state index contributed by atoms with van der Waals surface area (Å²) in [6.07, 6.45) is 1.67. The largest absolute Gasteiger partial charge is 0.365 e. The van der Waals surface area contributed by atoms with Gasteiger partial charge in [-0.05, 0) is 53.4 Å². The maximum Gasteiger partial charge on any atom is 0.286 e. The van der Waals surface area contributed by atoms with Gasteiger partial charge in [-0.15, -0.1) is 0 Å². The molecule has 154 valence electrons. The molecule has 0 N–H and O–H groups in total. The van der Waals surface area contributed by atoms with E-state index < -0.39 is 6.67 Å². The minimum absolute atomic E-state index is 0.243. The Balaban J connectivity index is 1.33. The van der Waals surface area contributed by atoms with Crippen LogP contribution in [0.25, 0.3) is 5.57 Å². The molecule has 1 amide bonds. The number of alkyl halides is 1. The molecule has 1 fully saturated rings. The van der Waals surface area contributed by atoms with E-state index >= 15 is 0 Å². The van der Waals surface area contributed by atoms with Gasteiger partial charge in [-0.3, -0.25) is 4.79 Å². The van der Waals surface area contributed by atoms with Crippen molar-refractivity contribution < 1.29 is 13.9 Å². The zero-order valence-corrected chi connectivity index (χ0v) is 17.8. The number of halogens is 2. The van der Waals surface area contributed by atoms with Crippen molar-refractivity contribution in [3.8, 4) is 0 Å². The molecule has 2 aromatic carbocycles. The quantitative estimate of drug-likeness (QED) is 0.601. The van der Waals surface area contributed by atoms with Gasteiger partial charge in [0.1, 0.15) is 6.67 Å². The van der Waals surface area contributed by atoms with Crippen molar-refractivity contribution in [3.63, 3.8) is 0 Å². The van der Waals surface area contributed by atoms with Crippen molar-refractivity contribution in [2.24, 2.45) is 4.99 Å². The summed E-state index contributed by atoms with van der Waals surface area (Å²) < 4.78 is 20.1. The van der Waals surface area contributed by atoms with Crippen LogP contribution in [0.15, 0.2) is 58.4 Å². The fourth-order valence-corrected chi connectivity index (χ4v) is 5.58. The fraction of sp³-hybridized carbons (Fsp3) is 0.304. The summed E-state index contributed by atoms with van der Waals surface area (Å²) in [4.78, 5) is 19.3. The van der Waals surface area contributed by atoms with Gasteiger partial charge in [0.2, 0.25) is 0 Å². The number of hydrogen-bond donors (Lipinski definition) is 0. The Morgan fingerprint density at radius 1 is 1.17 bits per heavy atom. The van der Waals surface area contributed by atoms with Gasteiger partial charge < -0.3 is 9.64 Å². The number of fused-ring (bicyclic) bond motifs is 2. The van der Waals surface area contributed by atoms with Crippen LogP contribution in [0.4, 0.5) is 4.39 Å². The van der Waals surface area contributed by atoms with Gasteiger partial charge in [-0.25, -0.2) is 4.39 Å². The smallest absolute Gasteiger partial charge is 0.286 e. The zero-order chi connectivity index (χ0) is 20.7. The molecule has 7 heteroatoms. The predicted molar refractivity (Wildman–Crippen MR) is 118 cm³/mol. The van der Waals surface area contributed by atoms with Crippen LogP contribution in [0.2, 0.25) is 5.02 Å². The maximum absolute atomic E-state index is 13.8. The van der Waals surface area contributed by atoms with E-state index in [1.165, 1.54) is 22.9 Å². The number of likely N-dealkylation sites (tertiary alicyclic amines) is 1. The number of carbonyl (C=O) groups excluding carboxylic acids is 1. The van der Waals surface area contributed by atoms with Crippen molar-refractivity contribution >= 4 is 40.0 Å². The molecule has 0 saturated carbocycles. The highest BCUT2D eigenvalue weighted by Gasteiger charge is 2.43. The van der Waals surface area contributed by atoms with Crippen LogP contribution < -0.4 is 0 Å². The number of amidine groups is 1. The molecule has 2 aromatic rings. The third kappa shape index (κ3) is 3.37. The van der Waals surface area contributed by atoms with Gasteiger partial charge in [0.25, 0.3) is 5.91 Å². The maximum atomic E-state index is 13.8.